The lowest BCUT2D eigenvalue weighted by Gasteiger charge is -2.06. The van der Waals surface area contributed by atoms with Crippen molar-refractivity contribution in [3.05, 3.63) is 42.1 Å². The Labute approximate surface area is 124 Å². The van der Waals surface area contributed by atoms with E-state index in [1.807, 2.05) is 37.3 Å². The van der Waals surface area contributed by atoms with Gasteiger partial charge in [-0.05, 0) is 18.1 Å². The average Bonchev–Trinajstić information content (AvgIpc) is 2.51. The van der Waals surface area contributed by atoms with E-state index in [9.17, 15) is 9.59 Å². The second kappa shape index (κ2) is 7.53. The molecule has 1 aromatic carbocycles. The molecule has 0 saturated carbocycles. The minimum Gasteiger partial charge on any atom is -0.356 e. The molecule has 0 radical (unpaired) electrons. The van der Waals surface area contributed by atoms with Gasteiger partial charge < -0.3 is 5.32 Å². The minimum absolute atomic E-state index is 0.0284. The molecule has 4 nitrogen and oxygen atoms in total. The number of fused-ring (bicyclic) bond motifs is 1. The van der Waals surface area contributed by atoms with Gasteiger partial charge in [-0.25, -0.2) is 0 Å². The Hall–Kier alpha value is -2.23. The molecule has 0 aliphatic carbocycles. The van der Waals surface area contributed by atoms with Crippen LogP contribution in [0.25, 0.3) is 10.9 Å². The maximum Gasteiger partial charge on any atom is 0.219 e. The molecule has 2 aromatic rings. The van der Waals surface area contributed by atoms with E-state index in [1.165, 1.54) is 0 Å². The number of carbonyl (C=O) groups is 2. The van der Waals surface area contributed by atoms with Crippen molar-refractivity contribution >= 4 is 22.6 Å². The van der Waals surface area contributed by atoms with Crippen LogP contribution < -0.4 is 5.32 Å². The fourth-order valence-corrected chi connectivity index (χ4v) is 2.25. The summed E-state index contributed by atoms with van der Waals surface area (Å²) in [5.41, 5.74) is 1.86. The first-order valence-electron chi connectivity index (χ1n) is 7.31. The van der Waals surface area contributed by atoms with E-state index in [2.05, 4.69) is 10.3 Å². The number of hydrogen-bond donors (Lipinski definition) is 1. The van der Waals surface area contributed by atoms with E-state index in [-0.39, 0.29) is 11.7 Å². The van der Waals surface area contributed by atoms with E-state index in [1.54, 1.807) is 6.20 Å². The van der Waals surface area contributed by atoms with Crippen LogP contribution in [0.4, 0.5) is 0 Å². The smallest absolute Gasteiger partial charge is 0.219 e. The zero-order chi connectivity index (χ0) is 15.1. The Morgan fingerprint density at radius 1 is 1.19 bits per heavy atom. The highest BCUT2D eigenvalue weighted by atomic mass is 16.1. The van der Waals surface area contributed by atoms with Crippen molar-refractivity contribution in [1.82, 2.24) is 10.3 Å². The summed E-state index contributed by atoms with van der Waals surface area (Å²) in [7, 11) is 0. The van der Waals surface area contributed by atoms with Gasteiger partial charge in [0.15, 0.2) is 0 Å². The zero-order valence-corrected chi connectivity index (χ0v) is 12.3. The molecule has 0 unspecified atom stereocenters. The predicted octanol–water partition coefficient (Wildman–Crippen LogP) is 2.65. The average molecular weight is 284 g/mol. The van der Waals surface area contributed by atoms with Crippen LogP contribution >= 0.6 is 0 Å². The lowest BCUT2D eigenvalue weighted by molar-refractivity contribution is -0.121. The van der Waals surface area contributed by atoms with Crippen molar-refractivity contribution in [3.63, 3.8) is 0 Å². The maximum atomic E-state index is 12.0. The first kappa shape index (κ1) is 15.2. The summed E-state index contributed by atoms with van der Waals surface area (Å²) in [4.78, 5) is 27.5. The molecular weight excluding hydrogens is 264 g/mol. The molecular formula is C17H20N2O2. The van der Waals surface area contributed by atoms with Gasteiger partial charge in [0, 0.05) is 37.4 Å². The summed E-state index contributed by atoms with van der Waals surface area (Å²) in [6.07, 6.45) is 3.79. The summed E-state index contributed by atoms with van der Waals surface area (Å²) in [5.74, 6) is 0.208. The van der Waals surface area contributed by atoms with Gasteiger partial charge in [0.05, 0.1) is 5.52 Å². The van der Waals surface area contributed by atoms with Crippen molar-refractivity contribution in [1.29, 1.82) is 0 Å². The molecule has 0 saturated heterocycles. The van der Waals surface area contributed by atoms with Gasteiger partial charge in [-0.3, -0.25) is 14.6 Å². The molecule has 1 aromatic heterocycles. The summed E-state index contributed by atoms with van der Waals surface area (Å²) in [6.45, 7) is 2.38. The molecule has 1 amide bonds. The number of nitrogens with one attached hydrogen (secondary N) is 1. The Kier molecular flexibility index (Phi) is 5.43. The van der Waals surface area contributed by atoms with Crippen LogP contribution in [-0.4, -0.2) is 23.2 Å². The second-order valence-electron chi connectivity index (χ2n) is 5.01. The molecule has 110 valence electrons. The summed E-state index contributed by atoms with van der Waals surface area (Å²) >= 11 is 0. The van der Waals surface area contributed by atoms with Gasteiger partial charge in [0.25, 0.3) is 0 Å². The molecule has 0 atom stereocenters. The highest BCUT2D eigenvalue weighted by Gasteiger charge is 2.08. The van der Waals surface area contributed by atoms with E-state index < -0.39 is 0 Å². The monoisotopic (exact) mass is 284 g/mol. The third-order valence-electron chi connectivity index (χ3n) is 3.38. The molecule has 0 fully saturated rings. The number of nitrogens with zero attached hydrogens (tertiary/aromatic N) is 1. The van der Waals surface area contributed by atoms with Crippen molar-refractivity contribution in [2.75, 3.05) is 6.54 Å². The number of para-hydroxylation sites is 1. The summed E-state index contributed by atoms with van der Waals surface area (Å²) in [5, 5.41) is 3.83. The maximum absolute atomic E-state index is 12.0. The number of aromatic nitrogens is 1. The fraction of sp³-hybridized carbons (Fsp3) is 0.353. The van der Waals surface area contributed by atoms with E-state index in [4.69, 9.17) is 0 Å². The fourth-order valence-electron chi connectivity index (χ4n) is 2.25. The van der Waals surface area contributed by atoms with Gasteiger partial charge in [-0.2, -0.15) is 0 Å². The topological polar surface area (TPSA) is 59.1 Å². The van der Waals surface area contributed by atoms with Gasteiger partial charge in [-0.1, -0.05) is 31.2 Å². The molecule has 2 rings (SSSR count). The van der Waals surface area contributed by atoms with Crippen LogP contribution in [0.3, 0.4) is 0 Å². The van der Waals surface area contributed by atoms with Crippen LogP contribution in [-0.2, 0) is 16.0 Å². The van der Waals surface area contributed by atoms with Crippen LogP contribution in [0.15, 0.2) is 36.5 Å². The SMILES string of the molecule is CCC(=O)NCCCC(=O)Cc1cccc2cccnc12. The Bertz CT molecular complexity index is 632. The highest BCUT2D eigenvalue weighted by molar-refractivity contribution is 5.88. The van der Waals surface area contributed by atoms with Gasteiger partial charge in [-0.15, -0.1) is 0 Å². The Morgan fingerprint density at radius 3 is 2.81 bits per heavy atom. The molecule has 0 spiro atoms. The van der Waals surface area contributed by atoms with Crippen LogP contribution in [0.5, 0.6) is 0 Å². The standard InChI is InChI=1S/C17H20N2O2/c1-2-16(21)18-10-5-9-15(20)12-14-7-3-6-13-8-4-11-19-17(13)14/h3-4,6-8,11H,2,5,9-10,12H2,1H3,(H,18,21). The Morgan fingerprint density at radius 2 is 2.00 bits per heavy atom. The molecule has 1 heterocycles. The number of amides is 1. The van der Waals surface area contributed by atoms with Crippen LogP contribution in [0.1, 0.15) is 31.7 Å². The van der Waals surface area contributed by atoms with Gasteiger partial charge in [0.2, 0.25) is 5.91 Å². The third kappa shape index (κ3) is 4.38. The quantitative estimate of drug-likeness (QED) is 0.795. The number of pyridine rings is 1. The van der Waals surface area contributed by atoms with E-state index >= 15 is 0 Å². The van der Waals surface area contributed by atoms with Crippen molar-refractivity contribution < 1.29 is 9.59 Å². The van der Waals surface area contributed by atoms with Crippen LogP contribution in [0, 0.1) is 0 Å². The number of ketones is 1. The number of carbonyl (C=O) groups excluding carboxylic acids is 2. The molecule has 0 aliphatic rings. The third-order valence-corrected chi connectivity index (χ3v) is 3.38. The Balaban J connectivity index is 1.88. The summed E-state index contributed by atoms with van der Waals surface area (Å²) < 4.78 is 0. The van der Waals surface area contributed by atoms with E-state index in [0.29, 0.717) is 32.2 Å². The first-order valence-corrected chi connectivity index (χ1v) is 7.31. The number of Topliss-reactive ketones (excluding diaryl/α,β-unsaturated/α-hetero) is 1. The molecule has 0 bridgehead atoms. The minimum atomic E-state index is 0.0284. The first-order chi connectivity index (χ1) is 10.2. The largest absolute Gasteiger partial charge is 0.356 e. The number of hydrogen-bond acceptors (Lipinski definition) is 3. The lowest BCUT2D eigenvalue weighted by atomic mass is 10.0. The normalized spacial score (nSPS) is 10.5. The second-order valence-corrected chi connectivity index (χ2v) is 5.01. The van der Waals surface area contributed by atoms with Gasteiger partial charge >= 0.3 is 0 Å². The van der Waals surface area contributed by atoms with Crippen LogP contribution in [0.2, 0.25) is 0 Å². The van der Waals surface area contributed by atoms with Crippen molar-refractivity contribution in [2.45, 2.75) is 32.6 Å². The van der Waals surface area contributed by atoms with Crippen molar-refractivity contribution in [3.8, 4) is 0 Å². The number of benzene rings is 1. The highest BCUT2D eigenvalue weighted by Crippen LogP contribution is 2.17. The predicted molar refractivity (Wildman–Crippen MR) is 83.0 cm³/mol. The molecule has 1 N–H and O–H groups in total. The zero-order valence-electron chi connectivity index (χ0n) is 12.3. The molecule has 0 aliphatic heterocycles. The van der Waals surface area contributed by atoms with Crippen molar-refractivity contribution in [2.24, 2.45) is 0 Å². The molecule has 21 heavy (non-hydrogen) atoms. The summed E-state index contributed by atoms with van der Waals surface area (Å²) in [6, 6.07) is 9.79. The lowest BCUT2D eigenvalue weighted by Crippen LogP contribution is -2.23. The number of rotatable bonds is 7. The molecule has 4 heteroatoms. The van der Waals surface area contributed by atoms with E-state index in [0.717, 1.165) is 16.5 Å². The van der Waals surface area contributed by atoms with Gasteiger partial charge in [0.1, 0.15) is 5.78 Å².